The van der Waals surface area contributed by atoms with Crippen LogP contribution in [0.2, 0.25) is 0 Å². The summed E-state index contributed by atoms with van der Waals surface area (Å²) >= 11 is 0. The maximum Gasteiger partial charge on any atom is 0.355 e. The van der Waals surface area contributed by atoms with Crippen LogP contribution in [0.3, 0.4) is 0 Å². The highest BCUT2D eigenvalue weighted by molar-refractivity contribution is 7.96. The fourth-order valence-corrected chi connectivity index (χ4v) is 13.2. The van der Waals surface area contributed by atoms with Crippen LogP contribution in [0.15, 0.2) is 157 Å². The molecule has 1 unspecified atom stereocenters. The standard InChI is InChI=1S/C41H34N3O7PS/c45-36(25-29-15-5-1-6-16-29)42-37-39(46)43-38(41(47)51-26-30-17-13-14-24-35(30)44(48)49)31(28-53(50)40(37)43)27-52(32-18-7-2-8-19-32,33-20-9-3-10-21-33)34-22-11-4-12-23-34/h1-24,37,40H,25-28H2/p+1/t37-,40-,53?/m1/s1. The first kappa shape index (κ1) is 35.6. The lowest BCUT2D eigenvalue weighted by Crippen LogP contribution is -2.73. The number of nitro groups is 1. The van der Waals surface area contributed by atoms with Gasteiger partial charge in [-0.05, 0) is 48.0 Å². The van der Waals surface area contributed by atoms with E-state index in [1.54, 1.807) is 18.2 Å². The van der Waals surface area contributed by atoms with Gasteiger partial charge in [-0.1, -0.05) is 97.1 Å². The van der Waals surface area contributed by atoms with Gasteiger partial charge in [-0.15, -0.1) is 0 Å². The number of nitrogens with one attached hydrogen (secondary N) is 1. The molecule has 0 saturated carbocycles. The van der Waals surface area contributed by atoms with Crippen molar-refractivity contribution < 1.29 is 28.3 Å². The van der Waals surface area contributed by atoms with Crippen LogP contribution in [0, 0.1) is 10.1 Å². The number of nitro benzene ring substituents is 1. The predicted octanol–water partition coefficient (Wildman–Crippen LogP) is 4.54. The lowest BCUT2D eigenvalue weighted by Gasteiger charge is -2.49. The summed E-state index contributed by atoms with van der Waals surface area (Å²) in [5.74, 6) is -1.91. The Kier molecular flexibility index (Phi) is 10.4. The molecule has 2 aliphatic rings. The molecule has 266 valence electrons. The van der Waals surface area contributed by atoms with Crippen LogP contribution in [-0.2, 0) is 42.9 Å². The second kappa shape index (κ2) is 15.5. The van der Waals surface area contributed by atoms with Crippen LogP contribution in [0.25, 0.3) is 0 Å². The second-order valence-electron chi connectivity index (χ2n) is 12.7. The third-order valence-corrected chi connectivity index (χ3v) is 15.5. The van der Waals surface area contributed by atoms with Crippen molar-refractivity contribution in [3.63, 3.8) is 0 Å². The first-order valence-corrected chi connectivity index (χ1v) is 20.3. The largest absolute Gasteiger partial charge is 0.456 e. The average molecular weight is 745 g/mol. The van der Waals surface area contributed by atoms with Crippen molar-refractivity contribution in [1.29, 1.82) is 0 Å². The number of nitrogens with zero attached hydrogens (tertiary/aromatic N) is 2. The summed E-state index contributed by atoms with van der Waals surface area (Å²) in [5.41, 5.74) is 1.16. The third kappa shape index (κ3) is 7.05. The van der Waals surface area contributed by atoms with Gasteiger partial charge in [0.25, 0.3) is 11.6 Å². The van der Waals surface area contributed by atoms with Gasteiger partial charge in [-0.3, -0.25) is 28.8 Å². The lowest BCUT2D eigenvalue weighted by atomic mass is 10.0. The Morgan fingerprint density at radius 2 is 1.30 bits per heavy atom. The van der Waals surface area contributed by atoms with Gasteiger partial charge in [0.05, 0.1) is 39.6 Å². The number of carbonyl (C=O) groups is 3. The van der Waals surface area contributed by atoms with Crippen molar-refractivity contribution in [3.05, 3.63) is 178 Å². The van der Waals surface area contributed by atoms with E-state index < -0.39 is 58.8 Å². The predicted molar refractivity (Wildman–Crippen MR) is 206 cm³/mol. The van der Waals surface area contributed by atoms with Gasteiger partial charge in [0.2, 0.25) is 5.91 Å². The van der Waals surface area contributed by atoms with Crippen LogP contribution in [-0.4, -0.2) is 55.1 Å². The van der Waals surface area contributed by atoms with Gasteiger partial charge in [0.1, 0.15) is 46.9 Å². The molecule has 3 atom stereocenters. The van der Waals surface area contributed by atoms with Crippen LogP contribution >= 0.6 is 7.26 Å². The third-order valence-electron chi connectivity index (χ3n) is 9.49. The van der Waals surface area contributed by atoms with E-state index in [1.165, 1.54) is 23.1 Å². The maximum atomic E-state index is 14.4. The zero-order valence-electron chi connectivity index (χ0n) is 28.4. The molecule has 0 aromatic heterocycles. The van der Waals surface area contributed by atoms with Crippen molar-refractivity contribution in [2.24, 2.45) is 0 Å². The fourth-order valence-electron chi connectivity index (χ4n) is 7.05. The summed E-state index contributed by atoms with van der Waals surface area (Å²) in [4.78, 5) is 53.9. The molecule has 53 heavy (non-hydrogen) atoms. The molecule has 1 fully saturated rings. The van der Waals surface area contributed by atoms with E-state index in [0.717, 1.165) is 21.5 Å². The molecule has 2 heterocycles. The molecule has 0 bridgehead atoms. The molecular formula is C41H35N3O7PS+. The molecule has 0 aliphatic carbocycles. The van der Waals surface area contributed by atoms with E-state index in [9.17, 15) is 28.7 Å². The number of carbonyl (C=O) groups excluding carboxylic acids is 3. The van der Waals surface area contributed by atoms with Gasteiger partial charge in [-0.2, -0.15) is 0 Å². The number of rotatable bonds is 12. The van der Waals surface area contributed by atoms with E-state index in [0.29, 0.717) is 5.57 Å². The minimum absolute atomic E-state index is 0.0219. The Labute approximate surface area is 309 Å². The first-order valence-electron chi connectivity index (χ1n) is 17.0. The number of benzene rings is 5. The SMILES string of the molecule is O=C(Cc1ccccc1)N[C@@H]1C(=O)N2C(C(=O)OCc3ccccc3[N+](=O)[O-])=C(C[P+](c3ccccc3)(c3ccccc3)c3ccccc3)CS(=O)[C@H]12. The summed E-state index contributed by atoms with van der Waals surface area (Å²) < 4.78 is 20.0. The minimum Gasteiger partial charge on any atom is -0.456 e. The molecule has 5 aromatic rings. The number of hydrogen-bond donors (Lipinski definition) is 1. The van der Waals surface area contributed by atoms with Gasteiger partial charge in [0.15, 0.2) is 0 Å². The van der Waals surface area contributed by atoms with Crippen molar-refractivity contribution >= 4 is 57.4 Å². The van der Waals surface area contributed by atoms with E-state index in [1.807, 2.05) is 72.8 Å². The van der Waals surface area contributed by atoms with E-state index >= 15 is 0 Å². The molecule has 2 amide bonds. The second-order valence-corrected chi connectivity index (χ2v) is 17.7. The summed E-state index contributed by atoms with van der Waals surface area (Å²) in [6.07, 6.45) is 0.280. The highest BCUT2D eigenvalue weighted by Gasteiger charge is 2.59. The summed E-state index contributed by atoms with van der Waals surface area (Å²) in [6.45, 7) is -0.421. The summed E-state index contributed by atoms with van der Waals surface area (Å²) in [5, 5.41) is 16.6. The van der Waals surface area contributed by atoms with E-state index in [-0.39, 0.29) is 35.3 Å². The Balaban J connectivity index is 1.32. The number of para-hydroxylation sites is 1. The number of esters is 1. The number of hydrogen-bond acceptors (Lipinski definition) is 7. The van der Waals surface area contributed by atoms with E-state index in [4.69, 9.17) is 4.74 Å². The van der Waals surface area contributed by atoms with Crippen LogP contribution in [0.4, 0.5) is 5.69 Å². The molecule has 7 rings (SSSR count). The van der Waals surface area contributed by atoms with Crippen LogP contribution in [0.5, 0.6) is 0 Å². The molecule has 0 radical (unpaired) electrons. The Hall–Kier alpha value is -5.77. The Bertz CT molecular complexity index is 2120. The molecule has 5 aromatic carbocycles. The fraction of sp³-hybridized carbons (Fsp3) is 0.146. The lowest BCUT2D eigenvalue weighted by molar-refractivity contribution is -0.385. The van der Waals surface area contributed by atoms with Gasteiger partial charge >= 0.3 is 5.97 Å². The maximum absolute atomic E-state index is 14.4. The zero-order chi connectivity index (χ0) is 37.0. The topological polar surface area (TPSA) is 136 Å². The quantitative estimate of drug-likeness (QED) is 0.0652. The van der Waals surface area contributed by atoms with Gasteiger partial charge in [0, 0.05) is 11.6 Å². The molecule has 1 N–H and O–H groups in total. The zero-order valence-corrected chi connectivity index (χ0v) is 30.2. The van der Waals surface area contributed by atoms with Gasteiger partial charge in [-0.25, -0.2) is 4.79 Å². The van der Waals surface area contributed by atoms with Crippen LogP contribution in [0.1, 0.15) is 11.1 Å². The molecule has 12 heteroatoms. The summed E-state index contributed by atoms with van der Waals surface area (Å²) in [6, 6.07) is 43.8. The number of amides is 2. The normalized spacial score (nSPS) is 18.1. The molecular weight excluding hydrogens is 710 g/mol. The van der Waals surface area contributed by atoms with Crippen molar-refractivity contribution in [1.82, 2.24) is 10.2 Å². The van der Waals surface area contributed by atoms with Crippen LogP contribution < -0.4 is 21.2 Å². The van der Waals surface area contributed by atoms with Crippen molar-refractivity contribution in [2.45, 2.75) is 24.4 Å². The molecule has 2 aliphatic heterocycles. The monoisotopic (exact) mass is 744 g/mol. The highest BCUT2D eigenvalue weighted by atomic mass is 32.2. The molecule has 1 saturated heterocycles. The Morgan fingerprint density at radius 3 is 1.85 bits per heavy atom. The number of ether oxygens (including phenoxy) is 1. The van der Waals surface area contributed by atoms with Crippen molar-refractivity contribution in [2.75, 3.05) is 11.9 Å². The molecule has 10 nitrogen and oxygen atoms in total. The molecule has 0 spiro atoms. The van der Waals surface area contributed by atoms with Gasteiger partial charge < -0.3 is 10.1 Å². The average Bonchev–Trinajstić information content (AvgIpc) is 3.19. The first-order chi connectivity index (χ1) is 25.8. The number of fused-ring (bicyclic) bond motifs is 1. The summed E-state index contributed by atoms with van der Waals surface area (Å²) in [7, 11) is -4.35. The minimum atomic E-state index is -2.64. The van der Waals surface area contributed by atoms with Crippen molar-refractivity contribution in [3.8, 4) is 0 Å². The smallest absolute Gasteiger partial charge is 0.355 e. The number of β-lactam (4-membered cyclic amide) rings is 1. The Morgan fingerprint density at radius 1 is 0.792 bits per heavy atom. The highest BCUT2D eigenvalue weighted by Crippen LogP contribution is 2.57. The van der Waals surface area contributed by atoms with E-state index in [2.05, 4.69) is 41.7 Å².